The van der Waals surface area contributed by atoms with Crippen molar-refractivity contribution in [3.05, 3.63) is 71.0 Å². The van der Waals surface area contributed by atoms with E-state index in [1.807, 2.05) is 32.0 Å². The average molecular weight is 351 g/mol. The Kier molecular flexibility index (Phi) is 5.09. The number of carbonyl (C=O) groups is 1. The molecule has 2 aromatic carbocycles. The average Bonchev–Trinajstić information content (AvgIpc) is 3.13. The summed E-state index contributed by atoms with van der Waals surface area (Å²) < 4.78 is 10.9. The highest BCUT2D eigenvalue weighted by Gasteiger charge is 2.13. The Labute approximate surface area is 152 Å². The van der Waals surface area contributed by atoms with Gasteiger partial charge in [0.05, 0.1) is 12.8 Å². The maximum atomic E-state index is 12.6. The highest BCUT2D eigenvalue weighted by molar-refractivity contribution is 6.05. The number of methoxy groups -OCH3 is 1. The number of rotatable bonds is 5. The minimum atomic E-state index is -0.209. The fourth-order valence-corrected chi connectivity index (χ4v) is 2.65. The number of aliphatic hydroxyl groups excluding tert-OH is 1. The molecule has 134 valence electrons. The van der Waals surface area contributed by atoms with E-state index in [-0.39, 0.29) is 12.5 Å². The van der Waals surface area contributed by atoms with Crippen molar-refractivity contribution < 1.29 is 19.1 Å². The van der Waals surface area contributed by atoms with Gasteiger partial charge in [0.1, 0.15) is 23.9 Å². The third-order valence-electron chi connectivity index (χ3n) is 4.32. The Morgan fingerprint density at radius 2 is 1.88 bits per heavy atom. The molecule has 0 fully saturated rings. The van der Waals surface area contributed by atoms with E-state index < -0.39 is 0 Å². The fourth-order valence-electron chi connectivity index (χ4n) is 2.65. The first kappa shape index (κ1) is 17.8. The van der Waals surface area contributed by atoms with Crippen LogP contribution in [0.25, 0.3) is 11.3 Å². The van der Waals surface area contributed by atoms with Crippen LogP contribution in [0, 0.1) is 13.8 Å². The second-order valence-corrected chi connectivity index (χ2v) is 6.09. The lowest BCUT2D eigenvalue weighted by molar-refractivity contribution is 0.102. The van der Waals surface area contributed by atoms with Crippen LogP contribution in [0.1, 0.15) is 27.2 Å². The van der Waals surface area contributed by atoms with Crippen LogP contribution in [-0.2, 0) is 6.61 Å². The molecule has 5 heteroatoms. The topological polar surface area (TPSA) is 71.7 Å². The van der Waals surface area contributed by atoms with Crippen molar-refractivity contribution in [1.29, 1.82) is 0 Å². The Bertz CT molecular complexity index is 943. The summed E-state index contributed by atoms with van der Waals surface area (Å²) in [6.45, 7) is 3.82. The van der Waals surface area contributed by atoms with Gasteiger partial charge >= 0.3 is 0 Å². The molecule has 0 saturated heterocycles. The van der Waals surface area contributed by atoms with Gasteiger partial charge in [0.2, 0.25) is 0 Å². The highest BCUT2D eigenvalue weighted by Crippen LogP contribution is 2.32. The van der Waals surface area contributed by atoms with Gasteiger partial charge in [-0.3, -0.25) is 4.79 Å². The zero-order valence-corrected chi connectivity index (χ0v) is 15.0. The lowest BCUT2D eigenvalue weighted by Crippen LogP contribution is -2.13. The number of anilines is 1. The Hall–Kier alpha value is -3.05. The van der Waals surface area contributed by atoms with Gasteiger partial charge in [-0.25, -0.2) is 0 Å². The lowest BCUT2D eigenvalue weighted by Gasteiger charge is -2.12. The molecule has 0 aliphatic carbocycles. The summed E-state index contributed by atoms with van der Waals surface area (Å²) >= 11 is 0. The molecule has 0 radical (unpaired) electrons. The number of amides is 1. The van der Waals surface area contributed by atoms with Crippen LogP contribution in [0.5, 0.6) is 5.75 Å². The van der Waals surface area contributed by atoms with Gasteiger partial charge in [-0.2, -0.15) is 0 Å². The Balaban J connectivity index is 1.91. The number of benzene rings is 2. The van der Waals surface area contributed by atoms with E-state index in [1.54, 1.807) is 37.4 Å². The molecule has 0 aliphatic rings. The number of furan rings is 1. The quantitative estimate of drug-likeness (QED) is 0.718. The molecule has 2 N–H and O–H groups in total. The Morgan fingerprint density at radius 3 is 2.54 bits per heavy atom. The smallest absolute Gasteiger partial charge is 0.255 e. The number of hydrogen-bond acceptors (Lipinski definition) is 4. The van der Waals surface area contributed by atoms with Crippen LogP contribution in [0.2, 0.25) is 0 Å². The molecule has 1 heterocycles. The van der Waals surface area contributed by atoms with Crippen LogP contribution in [0.3, 0.4) is 0 Å². The van der Waals surface area contributed by atoms with Crippen molar-refractivity contribution in [3.63, 3.8) is 0 Å². The van der Waals surface area contributed by atoms with Crippen LogP contribution < -0.4 is 10.1 Å². The highest BCUT2D eigenvalue weighted by atomic mass is 16.5. The number of aliphatic hydroxyl groups is 1. The molecule has 1 amide bonds. The minimum absolute atomic E-state index is 0.160. The SMILES string of the molecule is COc1ccc(-c2ccc(CO)o2)cc1NC(=O)c1ccc(C)c(C)c1. The summed E-state index contributed by atoms with van der Waals surface area (Å²) in [6.07, 6.45) is 0. The van der Waals surface area contributed by atoms with Crippen LogP contribution in [-0.4, -0.2) is 18.1 Å². The van der Waals surface area contributed by atoms with Gasteiger partial charge in [-0.15, -0.1) is 0 Å². The van der Waals surface area contributed by atoms with Crippen molar-refractivity contribution >= 4 is 11.6 Å². The van der Waals surface area contributed by atoms with Gasteiger partial charge in [0.25, 0.3) is 5.91 Å². The minimum Gasteiger partial charge on any atom is -0.495 e. The Morgan fingerprint density at radius 1 is 1.08 bits per heavy atom. The van der Waals surface area contributed by atoms with E-state index in [9.17, 15) is 4.79 Å². The summed E-state index contributed by atoms with van der Waals surface area (Å²) in [5.74, 6) is 1.44. The van der Waals surface area contributed by atoms with Crippen LogP contribution in [0.4, 0.5) is 5.69 Å². The first-order chi connectivity index (χ1) is 12.5. The predicted octanol–water partition coefficient (Wildman–Crippen LogP) is 4.32. The van der Waals surface area contributed by atoms with Crippen molar-refractivity contribution in [1.82, 2.24) is 0 Å². The van der Waals surface area contributed by atoms with Crippen molar-refractivity contribution in [2.24, 2.45) is 0 Å². The predicted molar refractivity (Wildman–Crippen MR) is 100 cm³/mol. The summed E-state index contributed by atoms with van der Waals surface area (Å²) in [6, 6.07) is 14.5. The second kappa shape index (κ2) is 7.45. The summed E-state index contributed by atoms with van der Waals surface area (Å²) in [5, 5.41) is 12.1. The fraction of sp³-hybridized carbons (Fsp3) is 0.190. The number of ether oxygens (including phenoxy) is 1. The first-order valence-corrected chi connectivity index (χ1v) is 8.28. The summed E-state index contributed by atoms with van der Waals surface area (Å²) in [7, 11) is 1.55. The van der Waals surface area contributed by atoms with E-state index in [0.29, 0.717) is 28.5 Å². The largest absolute Gasteiger partial charge is 0.495 e. The molecule has 26 heavy (non-hydrogen) atoms. The van der Waals surface area contributed by atoms with Gasteiger partial charge in [-0.1, -0.05) is 6.07 Å². The molecule has 1 aromatic heterocycles. The van der Waals surface area contributed by atoms with Crippen LogP contribution in [0.15, 0.2) is 52.9 Å². The molecule has 3 aromatic rings. The maximum Gasteiger partial charge on any atom is 0.255 e. The molecule has 0 saturated carbocycles. The molecule has 0 bridgehead atoms. The van der Waals surface area contributed by atoms with E-state index >= 15 is 0 Å². The maximum absolute atomic E-state index is 12.6. The van der Waals surface area contributed by atoms with Crippen molar-refractivity contribution in [2.45, 2.75) is 20.5 Å². The van der Waals surface area contributed by atoms with Crippen molar-refractivity contribution in [2.75, 3.05) is 12.4 Å². The first-order valence-electron chi connectivity index (χ1n) is 8.28. The molecule has 5 nitrogen and oxygen atoms in total. The molecule has 0 spiro atoms. The van der Waals surface area contributed by atoms with Crippen LogP contribution >= 0.6 is 0 Å². The van der Waals surface area contributed by atoms with E-state index in [4.69, 9.17) is 14.3 Å². The second-order valence-electron chi connectivity index (χ2n) is 6.09. The summed E-state index contributed by atoms with van der Waals surface area (Å²) in [4.78, 5) is 12.6. The summed E-state index contributed by atoms with van der Waals surface area (Å²) in [5.41, 5.74) is 4.11. The zero-order chi connectivity index (χ0) is 18.7. The molecule has 0 atom stereocenters. The van der Waals surface area contributed by atoms with Crippen molar-refractivity contribution in [3.8, 4) is 17.1 Å². The van der Waals surface area contributed by atoms with E-state index in [0.717, 1.165) is 16.7 Å². The third kappa shape index (κ3) is 3.63. The lowest BCUT2D eigenvalue weighted by atomic mass is 10.1. The standard InChI is InChI=1S/C21H21NO4/c1-13-4-5-16(10-14(13)2)21(24)22-18-11-15(6-8-20(18)25-3)19-9-7-17(12-23)26-19/h4-11,23H,12H2,1-3H3,(H,22,24). The molecular formula is C21H21NO4. The number of nitrogens with one attached hydrogen (secondary N) is 1. The molecule has 0 aliphatic heterocycles. The number of carbonyl (C=O) groups excluding carboxylic acids is 1. The van der Waals surface area contributed by atoms with E-state index in [2.05, 4.69) is 5.32 Å². The van der Waals surface area contributed by atoms with E-state index in [1.165, 1.54) is 0 Å². The number of hydrogen-bond donors (Lipinski definition) is 2. The van der Waals surface area contributed by atoms with Gasteiger partial charge < -0.3 is 19.6 Å². The van der Waals surface area contributed by atoms with Gasteiger partial charge in [0.15, 0.2) is 0 Å². The third-order valence-corrected chi connectivity index (χ3v) is 4.32. The monoisotopic (exact) mass is 351 g/mol. The molecule has 0 unspecified atom stereocenters. The molecular weight excluding hydrogens is 330 g/mol. The molecule has 3 rings (SSSR count). The number of aryl methyl sites for hydroxylation is 2. The normalized spacial score (nSPS) is 10.6. The van der Waals surface area contributed by atoms with Gasteiger partial charge in [-0.05, 0) is 67.4 Å². The zero-order valence-electron chi connectivity index (χ0n) is 15.0. The van der Waals surface area contributed by atoms with Gasteiger partial charge in [0, 0.05) is 11.1 Å².